The molecule has 1 nitrogen and oxygen atoms in total. The van der Waals surface area contributed by atoms with Gasteiger partial charge in [-0.3, -0.25) is 0 Å². The van der Waals surface area contributed by atoms with Gasteiger partial charge in [-0.2, -0.15) is 0 Å². The molecular weight excluding hydrogens is 155 g/mol. The highest BCUT2D eigenvalue weighted by atomic mass is 19.3. The molecule has 0 amide bonds. The molecule has 11 heavy (non-hydrogen) atoms. The van der Waals surface area contributed by atoms with E-state index in [1.165, 1.54) is 0 Å². The fourth-order valence-corrected chi connectivity index (χ4v) is 1.19. The van der Waals surface area contributed by atoms with Crippen molar-refractivity contribution in [1.82, 2.24) is 0 Å². The Bertz CT molecular complexity index is 134. The van der Waals surface area contributed by atoms with Crippen molar-refractivity contribution in [1.29, 1.82) is 0 Å². The van der Waals surface area contributed by atoms with Gasteiger partial charge in [0.2, 0.25) is 0 Å². The zero-order valence-electron chi connectivity index (χ0n) is 6.19. The van der Waals surface area contributed by atoms with Crippen molar-refractivity contribution in [2.75, 3.05) is 6.54 Å². The van der Waals surface area contributed by atoms with E-state index in [-0.39, 0.29) is 0 Å². The molecular formula is C7H12F3N. The summed E-state index contributed by atoms with van der Waals surface area (Å²) in [6.45, 7) is -0.884. The van der Waals surface area contributed by atoms with Crippen LogP contribution in [0.2, 0.25) is 0 Å². The van der Waals surface area contributed by atoms with E-state index in [1.807, 2.05) is 0 Å². The zero-order chi connectivity index (χ0) is 8.48. The quantitative estimate of drug-likeness (QED) is 0.680. The molecule has 0 bridgehead atoms. The molecule has 0 aromatic heterocycles. The summed E-state index contributed by atoms with van der Waals surface area (Å²) < 4.78 is 37.8. The van der Waals surface area contributed by atoms with Crippen molar-refractivity contribution < 1.29 is 13.2 Å². The molecule has 1 unspecified atom stereocenters. The molecule has 0 aliphatic heterocycles. The molecule has 1 fully saturated rings. The first-order valence-electron chi connectivity index (χ1n) is 3.80. The van der Waals surface area contributed by atoms with Crippen molar-refractivity contribution in [2.24, 2.45) is 11.7 Å². The van der Waals surface area contributed by atoms with Crippen molar-refractivity contribution >= 4 is 0 Å². The Kier molecular flexibility index (Phi) is 2.42. The molecule has 1 aliphatic rings. The van der Waals surface area contributed by atoms with E-state index in [2.05, 4.69) is 0 Å². The predicted octanol–water partition coefficient (Wildman–Crippen LogP) is 1.72. The molecule has 4 heteroatoms. The van der Waals surface area contributed by atoms with E-state index in [0.29, 0.717) is 12.8 Å². The number of hydrogen-bond acceptors (Lipinski definition) is 1. The maximum Gasteiger partial charge on any atom is 0.290 e. The van der Waals surface area contributed by atoms with Crippen LogP contribution in [0.1, 0.15) is 19.3 Å². The first-order chi connectivity index (χ1) is 5.08. The van der Waals surface area contributed by atoms with Gasteiger partial charge in [-0.15, -0.1) is 0 Å². The number of hydrogen-bond donors (Lipinski definition) is 1. The SMILES string of the molecule is NCC(F)(F)C(F)C1CCC1. The summed E-state index contributed by atoms with van der Waals surface area (Å²) in [6.07, 6.45) is 0.000415. The van der Waals surface area contributed by atoms with Gasteiger partial charge in [0, 0.05) is 0 Å². The van der Waals surface area contributed by atoms with E-state index >= 15 is 0 Å². The second kappa shape index (κ2) is 3.01. The lowest BCUT2D eigenvalue weighted by molar-refractivity contribution is -0.0986. The minimum Gasteiger partial charge on any atom is -0.325 e. The van der Waals surface area contributed by atoms with Gasteiger partial charge in [0.05, 0.1) is 6.54 Å². The van der Waals surface area contributed by atoms with E-state index in [1.54, 1.807) is 0 Å². The van der Waals surface area contributed by atoms with E-state index in [0.717, 1.165) is 6.42 Å². The van der Waals surface area contributed by atoms with E-state index in [9.17, 15) is 13.2 Å². The van der Waals surface area contributed by atoms with Gasteiger partial charge in [-0.25, -0.2) is 13.2 Å². The summed E-state index contributed by atoms with van der Waals surface area (Å²) in [5.41, 5.74) is 4.73. The molecule has 1 rings (SSSR count). The molecule has 0 aromatic rings. The average molecular weight is 167 g/mol. The normalized spacial score (nSPS) is 22.9. The van der Waals surface area contributed by atoms with Crippen LogP contribution in [-0.4, -0.2) is 18.6 Å². The van der Waals surface area contributed by atoms with Crippen molar-refractivity contribution in [3.05, 3.63) is 0 Å². The molecule has 0 saturated heterocycles. The Morgan fingerprint density at radius 1 is 1.45 bits per heavy atom. The molecule has 2 N–H and O–H groups in total. The smallest absolute Gasteiger partial charge is 0.290 e. The van der Waals surface area contributed by atoms with E-state index < -0.39 is 24.6 Å². The van der Waals surface area contributed by atoms with Crippen LogP contribution in [0.4, 0.5) is 13.2 Å². The Hall–Kier alpha value is -0.250. The molecule has 1 saturated carbocycles. The van der Waals surface area contributed by atoms with Crippen LogP contribution in [-0.2, 0) is 0 Å². The molecule has 0 heterocycles. The lowest BCUT2D eigenvalue weighted by Crippen LogP contribution is -2.44. The van der Waals surface area contributed by atoms with Gasteiger partial charge in [0.15, 0.2) is 6.17 Å². The second-order valence-corrected chi connectivity index (χ2v) is 3.06. The summed E-state index contributed by atoms with van der Waals surface area (Å²) in [4.78, 5) is 0. The Morgan fingerprint density at radius 2 is 2.00 bits per heavy atom. The molecule has 0 spiro atoms. The van der Waals surface area contributed by atoms with Gasteiger partial charge >= 0.3 is 0 Å². The molecule has 1 atom stereocenters. The highest BCUT2D eigenvalue weighted by molar-refractivity contribution is 4.87. The number of rotatable bonds is 3. The molecule has 0 aromatic carbocycles. The Morgan fingerprint density at radius 3 is 2.27 bits per heavy atom. The highest BCUT2D eigenvalue weighted by Crippen LogP contribution is 2.38. The fraction of sp³-hybridized carbons (Fsp3) is 1.00. The fourth-order valence-electron chi connectivity index (χ4n) is 1.19. The summed E-state index contributed by atoms with van der Waals surface area (Å²) in [7, 11) is 0. The highest BCUT2D eigenvalue weighted by Gasteiger charge is 2.45. The summed E-state index contributed by atoms with van der Waals surface area (Å²) in [5, 5.41) is 0. The number of halogens is 3. The lowest BCUT2D eigenvalue weighted by atomic mass is 9.80. The zero-order valence-corrected chi connectivity index (χ0v) is 6.19. The second-order valence-electron chi connectivity index (χ2n) is 3.06. The Labute approximate surface area is 63.8 Å². The van der Waals surface area contributed by atoms with Crippen molar-refractivity contribution in [3.63, 3.8) is 0 Å². The molecule has 66 valence electrons. The monoisotopic (exact) mass is 167 g/mol. The minimum atomic E-state index is -3.31. The average Bonchev–Trinajstić information content (AvgIpc) is 1.84. The van der Waals surface area contributed by atoms with Crippen LogP contribution < -0.4 is 5.73 Å². The third-order valence-electron chi connectivity index (χ3n) is 2.24. The largest absolute Gasteiger partial charge is 0.325 e. The van der Waals surface area contributed by atoms with Crippen LogP contribution in [0.25, 0.3) is 0 Å². The summed E-state index contributed by atoms with van der Waals surface area (Å²) >= 11 is 0. The Balaban J connectivity index is 2.44. The maximum atomic E-state index is 12.8. The van der Waals surface area contributed by atoms with Crippen LogP contribution in [0, 0.1) is 5.92 Å². The number of alkyl halides is 3. The molecule has 0 radical (unpaired) electrons. The van der Waals surface area contributed by atoms with Crippen molar-refractivity contribution in [3.8, 4) is 0 Å². The minimum absolute atomic E-state index is 0.450. The van der Waals surface area contributed by atoms with Crippen molar-refractivity contribution in [2.45, 2.75) is 31.4 Å². The number of nitrogens with two attached hydrogens (primary N) is 1. The van der Waals surface area contributed by atoms with Gasteiger partial charge in [0.1, 0.15) is 0 Å². The van der Waals surface area contributed by atoms with Crippen LogP contribution in [0.5, 0.6) is 0 Å². The molecule has 1 aliphatic carbocycles. The van der Waals surface area contributed by atoms with Gasteiger partial charge in [-0.1, -0.05) is 6.42 Å². The maximum absolute atomic E-state index is 12.8. The van der Waals surface area contributed by atoms with Crippen LogP contribution >= 0.6 is 0 Å². The van der Waals surface area contributed by atoms with Gasteiger partial charge in [-0.05, 0) is 18.8 Å². The first-order valence-corrected chi connectivity index (χ1v) is 3.80. The van der Waals surface area contributed by atoms with Crippen LogP contribution in [0.15, 0.2) is 0 Å². The first kappa shape index (κ1) is 8.84. The third-order valence-corrected chi connectivity index (χ3v) is 2.24. The van der Waals surface area contributed by atoms with Gasteiger partial charge < -0.3 is 5.73 Å². The topological polar surface area (TPSA) is 26.0 Å². The lowest BCUT2D eigenvalue weighted by Gasteiger charge is -2.32. The van der Waals surface area contributed by atoms with E-state index in [4.69, 9.17) is 5.73 Å². The van der Waals surface area contributed by atoms with Crippen LogP contribution in [0.3, 0.4) is 0 Å². The predicted molar refractivity (Wildman–Crippen MR) is 36.2 cm³/mol. The third kappa shape index (κ3) is 1.67. The summed E-state index contributed by atoms with van der Waals surface area (Å²) in [5.74, 6) is -3.76. The summed E-state index contributed by atoms with van der Waals surface area (Å²) in [6, 6.07) is 0. The van der Waals surface area contributed by atoms with Gasteiger partial charge in [0.25, 0.3) is 5.92 Å². The standard InChI is InChI=1S/C7H12F3N/c8-6(5-2-1-3-5)7(9,10)4-11/h5-6H,1-4,11H2.